The Hall–Kier alpha value is -2.78. The third kappa shape index (κ3) is 5.30. The van der Waals surface area contributed by atoms with Crippen LogP contribution >= 0.6 is 0 Å². The summed E-state index contributed by atoms with van der Waals surface area (Å²) in [7, 11) is 1.91. The van der Waals surface area contributed by atoms with Crippen LogP contribution in [0.4, 0.5) is 13.2 Å². The number of halogens is 3. The minimum Gasteiger partial charge on any atom is -0.507 e. The van der Waals surface area contributed by atoms with Gasteiger partial charge in [-0.15, -0.1) is 0 Å². The first-order chi connectivity index (χ1) is 21.2. The van der Waals surface area contributed by atoms with Gasteiger partial charge in [0.2, 0.25) is 12.7 Å². The van der Waals surface area contributed by atoms with Crippen LogP contribution in [0, 0.1) is 76.2 Å². The molecule has 4 heterocycles. The average molecular weight is 857 g/mol. The molecule has 4 aliphatic heterocycles. The van der Waals surface area contributed by atoms with E-state index in [0.717, 1.165) is 29.2 Å². The number of piperazine rings is 1. The van der Waals surface area contributed by atoms with E-state index in [2.05, 4.69) is 16.3 Å². The van der Waals surface area contributed by atoms with Crippen molar-refractivity contribution in [3.8, 4) is 29.1 Å². The monoisotopic (exact) mass is 856 g/mol. The number of hydrogen-bond donors (Lipinski definition) is 4. The summed E-state index contributed by atoms with van der Waals surface area (Å²) in [4.78, 5) is 28.6. The maximum absolute atomic E-state index is 13.0. The van der Waals surface area contributed by atoms with Crippen LogP contribution in [0.5, 0.6) is 23.0 Å². The van der Waals surface area contributed by atoms with Crippen LogP contribution in [-0.2, 0) is 22.4 Å². The molecule has 0 spiro atoms. The Morgan fingerprint density at radius 3 is 2.41 bits per heavy atom. The van der Waals surface area contributed by atoms with Gasteiger partial charge in [0.25, 0.3) is 0 Å². The van der Waals surface area contributed by atoms with Gasteiger partial charge in [-0.1, -0.05) is 6.07 Å². The Morgan fingerprint density at radius 1 is 1.09 bits per heavy atom. The predicted molar refractivity (Wildman–Crippen MR) is 153 cm³/mol. The molecule has 6 rings (SSSR count). The first kappa shape index (κ1) is 34.6. The van der Waals surface area contributed by atoms with E-state index in [-0.39, 0.29) is 81.4 Å². The molecule has 0 aromatic heterocycles. The SMILES string of the molecule is Cc1cc2c(c(O)c1C)[C@H]1C3Cc4c(O)c(C)c5c(c4[C@H](CNC(=O)[C@H](C)NC(=O)C(F)(F)F)N3[C@@H](C#N)[C@@H](C2)N1C)OCO5.[Ac]. The van der Waals surface area contributed by atoms with E-state index < -0.39 is 48.2 Å². The second-order valence-corrected chi connectivity index (χ2v) is 12.3. The number of amides is 2. The number of phenolic OH excluding ortho intramolecular Hbond substituents is 2. The molecule has 243 valence electrons. The van der Waals surface area contributed by atoms with E-state index in [1.54, 1.807) is 12.2 Å². The maximum Gasteiger partial charge on any atom is 0.471 e. The molecule has 6 atom stereocenters. The Balaban J connectivity index is 0.00000417. The fraction of sp³-hybridized carbons (Fsp3) is 0.516. The molecule has 15 heteroatoms. The van der Waals surface area contributed by atoms with E-state index in [9.17, 15) is 38.2 Å². The first-order valence-corrected chi connectivity index (χ1v) is 14.7. The van der Waals surface area contributed by atoms with Gasteiger partial charge in [-0.25, -0.2) is 0 Å². The number of rotatable bonds is 4. The molecule has 0 aliphatic carbocycles. The number of nitriles is 1. The third-order valence-electron chi connectivity index (χ3n) is 9.93. The number of nitrogens with zero attached hydrogens (tertiary/aromatic N) is 3. The number of fused-ring (bicyclic) bond motifs is 9. The summed E-state index contributed by atoms with van der Waals surface area (Å²) in [6.45, 7) is 6.33. The van der Waals surface area contributed by atoms with Crippen LogP contribution in [0.1, 0.15) is 58.0 Å². The quantitative estimate of drug-likeness (QED) is 0.365. The summed E-state index contributed by atoms with van der Waals surface area (Å²) < 4.78 is 50.1. The smallest absolute Gasteiger partial charge is 0.471 e. The molecule has 4 N–H and O–H groups in total. The summed E-state index contributed by atoms with van der Waals surface area (Å²) >= 11 is 0. The number of likely N-dealkylation sites (N-methyl/N-ethyl adjacent to an activating group) is 1. The van der Waals surface area contributed by atoms with Gasteiger partial charge < -0.3 is 30.3 Å². The number of ether oxygens (including phenoxy) is 2. The van der Waals surface area contributed by atoms with Crippen molar-refractivity contribution in [3.05, 3.63) is 45.0 Å². The molecule has 46 heavy (non-hydrogen) atoms. The third-order valence-corrected chi connectivity index (χ3v) is 9.93. The molecule has 1 radical (unpaired) electrons. The minimum absolute atomic E-state index is 0. The van der Waals surface area contributed by atoms with E-state index >= 15 is 0 Å². The Kier molecular flexibility index (Phi) is 9.28. The normalized spacial score (nSPS) is 25.2. The molecule has 2 amide bonds. The van der Waals surface area contributed by atoms with Gasteiger partial charge in [-0.2, -0.15) is 18.4 Å². The van der Waals surface area contributed by atoms with Gasteiger partial charge in [0.1, 0.15) is 23.6 Å². The van der Waals surface area contributed by atoms with Crippen LogP contribution in [0.25, 0.3) is 0 Å². The summed E-state index contributed by atoms with van der Waals surface area (Å²) in [6.07, 6.45) is -4.41. The largest absolute Gasteiger partial charge is 0.507 e. The molecular formula is C31H34AcF3N5O6. The second kappa shape index (κ2) is 12.3. The van der Waals surface area contributed by atoms with Gasteiger partial charge in [0, 0.05) is 84.9 Å². The fourth-order valence-electron chi connectivity index (χ4n) is 7.60. The standard InChI is InChI=1S/C31H34F3N5O6.Ac/c1-12-6-16-7-18-20(9-35)39-19(24(38(18)5)22(16)26(41)13(12)2)8-17-23(28-27(44-11-45-28)14(3)25(17)40)21(39)10-36-29(42)15(4)37-30(43)31(32,33)34;/h6,15,18-21,24,40-41H,7-8,10-11H2,1-5H3,(H,36,42)(H,37,43);/t15-,18+,19?,20-,21-,24+;/m0./s1. The van der Waals surface area contributed by atoms with E-state index in [1.807, 2.05) is 31.9 Å². The van der Waals surface area contributed by atoms with E-state index in [4.69, 9.17) is 9.47 Å². The number of alkyl halides is 3. The number of hydrogen-bond acceptors (Lipinski definition) is 9. The van der Waals surface area contributed by atoms with Gasteiger partial charge in [-0.05, 0) is 64.3 Å². The first-order valence-electron chi connectivity index (χ1n) is 14.7. The van der Waals surface area contributed by atoms with Crippen molar-refractivity contribution in [1.29, 1.82) is 5.26 Å². The summed E-state index contributed by atoms with van der Waals surface area (Å²) in [5.41, 5.74) is 4.89. The second-order valence-electron chi connectivity index (χ2n) is 12.3. The Labute approximate surface area is 299 Å². The summed E-state index contributed by atoms with van der Waals surface area (Å²) in [6, 6.07) is 0.326. The van der Waals surface area contributed by atoms with E-state index in [0.29, 0.717) is 34.6 Å². The number of aryl methyl sites for hydroxylation is 1. The van der Waals surface area contributed by atoms with Gasteiger partial charge in [0.15, 0.2) is 11.5 Å². The Morgan fingerprint density at radius 2 is 1.76 bits per heavy atom. The maximum atomic E-state index is 13.0. The summed E-state index contributed by atoms with van der Waals surface area (Å²) in [5, 5.41) is 37.9. The van der Waals surface area contributed by atoms with Crippen molar-refractivity contribution in [2.75, 3.05) is 20.4 Å². The van der Waals surface area contributed by atoms with Crippen molar-refractivity contribution < 1.29 is 86.5 Å². The van der Waals surface area contributed by atoms with Gasteiger partial charge in [-0.3, -0.25) is 19.4 Å². The average Bonchev–Trinajstić information content (AvgIpc) is 3.47. The van der Waals surface area contributed by atoms with Crippen molar-refractivity contribution >= 4 is 11.8 Å². The number of nitrogens with one attached hydrogen (secondary N) is 2. The molecule has 2 bridgehead atoms. The van der Waals surface area contributed by atoms with Crippen molar-refractivity contribution in [1.82, 2.24) is 20.4 Å². The molecular weight excluding hydrogens is 822 g/mol. The van der Waals surface area contributed by atoms with Crippen LogP contribution in [0.15, 0.2) is 6.07 Å². The zero-order valence-electron chi connectivity index (χ0n) is 26.0. The number of carbonyl (C=O) groups is 2. The molecule has 11 nitrogen and oxygen atoms in total. The fourth-order valence-corrected chi connectivity index (χ4v) is 7.60. The zero-order valence-corrected chi connectivity index (χ0v) is 30.7. The molecule has 2 aromatic rings. The van der Waals surface area contributed by atoms with Gasteiger partial charge >= 0.3 is 12.1 Å². The van der Waals surface area contributed by atoms with Crippen molar-refractivity contribution in [2.24, 2.45) is 0 Å². The Bertz CT molecular complexity index is 1660. The molecule has 0 saturated carbocycles. The van der Waals surface area contributed by atoms with Crippen LogP contribution in [0.3, 0.4) is 0 Å². The molecule has 2 aromatic carbocycles. The van der Waals surface area contributed by atoms with Crippen LogP contribution < -0.4 is 20.1 Å². The molecule has 1 unspecified atom stereocenters. The van der Waals surface area contributed by atoms with Crippen molar-refractivity contribution in [3.63, 3.8) is 0 Å². The van der Waals surface area contributed by atoms with Crippen LogP contribution in [0.2, 0.25) is 0 Å². The number of phenols is 2. The predicted octanol–water partition coefficient (Wildman–Crippen LogP) is 2.71. The van der Waals surface area contributed by atoms with Gasteiger partial charge in [0.05, 0.1) is 18.2 Å². The number of benzene rings is 2. The topological polar surface area (TPSA) is 147 Å². The number of carbonyl (C=O) groups excluding carboxylic acids is 2. The summed E-state index contributed by atoms with van der Waals surface area (Å²) in [5.74, 6) is -2.24. The molecule has 1 fully saturated rings. The number of aromatic hydroxyl groups is 2. The minimum atomic E-state index is -5.16. The van der Waals surface area contributed by atoms with Crippen molar-refractivity contribution in [2.45, 2.75) is 83.0 Å². The van der Waals surface area contributed by atoms with Crippen LogP contribution in [-0.4, -0.2) is 82.6 Å². The van der Waals surface area contributed by atoms with E-state index in [1.165, 1.54) is 0 Å². The molecule has 4 aliphatic rings. The zero-order chi connectivity index (χ0) is 32.7. The molecule has 1 saturated heterocycles.